The summed E-state index contributed by atoms with van der Waals surface area (Å²) in [5, 5.41) is 23.2. The van der Waals surface area contributed by atoms with Gasteiger partial charge in [-0.1, -0.05) is 17.7 Å². The van der Waals surface area contributed by atoms with Crippen LogP contribution < -0.4 is 5.32 Å². The predicted octanol–water partition coefficient (Wildman–Crippen LogP) is 4.46. The van der Waals surface area contributed by atoms with Crippen LogP contribution in [0.1, 0.15) is 18.5 Å². The number of benzene rings is 2. The van der Waals surface area contributed by atoms with E-state index in [-0.39, 0.29) is 11.7 Å². The van der Waals surface area contributed by atoms with Gasteiger partial charge in [-0.25, -0.2) is 0 Å². The van der Waals surface area contributed by atoms with Crippen LogP contribution in [0.15, 0.2) is 52.7 Å². The number of hydrogen-bond acceptors (Lipinski definition) is 6. The average molecular weight is 444 g/mol. The van der Waals surface area contributed by atoms with E-state index in [1.165, 1.54) is 62.4 Å². The maximum absolute atomic E-state index is 10.7. The van der Waals surface area contributed by atoms with Crippen molar-refractivity contribution in [3.63, 3.8) is 0 Å². The van der Waals surface area contributed by atoms with Gasteiger partial charge in [0.2, 0.25) is 0 Å². The smallest absolute Gasteiger partial charge is 0.269 e. The van der Waals surface area contributed by atoms with E-state index in [2.05, 4.69) is 27.4 Å². The van der Waals surface area contributed by atoms with E-state index in [0.29, 0.717) is 16.4 Å². The minimum atomic E-state index is -0.442. The van der Waals surface area contributed by atoms with Crippen LogP contribution in [-0.4, -0.2) is 66.7 Å². The summed E-state index contributed by atoms with van der Waals surface area (Å²) in [6.45, 7) is 11.8. The van der Waals surface area contributed by atoms with Crippen molar-refractivity contribution in [1.29, 1.82) is 0 Å². The van der Waals surface area contributed by atoms with Gasteiger partial charge in [0.1, 0.15) is 5.69 Å². The zero-order chi connectivity index (χ0) is 21.8. The molecule has 2 aromatic carbocycles. The molecule has 164 valence electrons. The van der Waals surface area contributed by atoms with Crippen molar-refractivity contribution in [3.8, 4) is 0 Å². The van der Waals surface area contributed by atoms with E-state index in [1.54, 1.807) is 12.1 Å². The van der Waals surface area contributed by atoms with Crippen molar-refractivity contribution in [2.45, 2.75) is 13.0 Å². The third-order valence-corrected chi connectivity index (χ3v) is 6.82. The summed E-state index contributed by atoms with van der Waals surface area (Å²) in [6, 6.07) is 11.9. The molecule has 3 aliphatic rings. The quantitative estimate of drug-likeness (QED) is 0.282. The van der Waals surface area contributed by atoms with Crippen molar-refractivity contribution in [2.75, 3.05) is 52.4 Å². The van der Waals surface area contributed by atoms with Gasteiger partial charge in [0.05, 0.1) is 41.8 Å². The maximum atomic E-state index is 10.7. The number of halogens is 1. The monoisotopic (exact) mass is 443 g/mol. The molecule has 5 rings (SSSR count). The molecule has 9 heteroatoms. The molecule has 2 bridgehead atoms. The summed E-state index contributed by atoms with van der Waals surface area (Å²) >= 11 is 6.43. The first kappa shape index (κ1) is 21.8. The molecule has 1 N–H and O–H groups in total. The number of nitrogens with one attached hydrogen (secondary N) is 1. The summed E-state index contributed by atoms with van der Waals surface area (Å²) < 4.78 is 1.25. The fourth-order valence-electron chi connectivity index (χ4n) is 4.33. The molecular weight excluding hydrogens is 416 g/mol. The summed E-state index contributed by atoms with van der Waals surface area (Å²) in [7, 11) is 0. The molecule has 1 atom stereocenters. The molecule has 3 aliphatic heterocycles. The van der Waals surface area contributed by atoms with Crippen LogP contribution in [0, 0.1) is 10.1 Å². The van der Waals surface area contributed by atoms with Crippen molar-refractivity contribution >= 4 is 28.7 Å². The highest BCUT2D eigenvalue weighted by Crippen LogP contribution is 2.30. The van der Waals surface area contributed by atoms with Crippen LogP contribution in [0.3, 0.4) is 0 Å². The van der Waals surface area contributed by atoms with Gasteiger partial charge >= 0.3 is 0 Å². The highest BCUT2D eigenvalue weighted by Gasteiger charge is 2.37. The van der Waals surface area contributed by atoms with Crippen LogP contribution >= 0.6 is 11.6 Å². The Hall–Kier alpha value is -2.39. The average Bonchev–Trinajstić information content (AvgIpc) is 2.79. The minimum absolute atomic E-state index is 0.0233. The molecule has 0 aromatic heterocycles. The Morgan fingerprint density at radius 3 is 2.42 bits per heavy atom. The van der Waals surface area contributed by atoms with Crippen molar-refractivity contribution in [3.05, 3.63) is 63.2 Å². The third-order valence-electron chi connectivity index (χ3n) is 6.51. The number of nitro benzene ring substituents is 1. The van der Waals surface area contributed by atoms with Crippen LogP contribution in [0.2, 0.25) is 5.02 Å². The summed E-state index contributed by atoms with van der Waals surface area (Å²) in [4.78, 5) is 12.9. The van der Waals surface area contributed by atoms with Gasteiger partial charge in [0.25, 0.3) is 5.69 Å². The molecule has 31 heavy (non-hydrogen) atoms. The van der Waals surface area contributed by atoms with Crippen LogP contribution in [0.4, 0.5) is 17.1 Å². The van der Waals surface area contributed by atoms with Gasteiger partial charge in [-0.2, -0.15) is 5.11 Å². The lowest BCUT2D eigenvalue weighted by atomic mass is 10.1. The predicted molar refractivity (Wildman–Crippen MR) is 121 cm³/mol. The normalized spacial score (nSPS) is 23.9. The number of rotatable bonds is 8. The first-order valence-electron chi connectivity index (χ1n) is 10.7. The zero-order valence-corrected chi connectivity index (χ0v) is 18.5. The standard InChI is InChI=1S/C22H28ClN6O2/c1-17(24-8-12-29-13-9-27(10-14-29)11-15-29)18-2-7-22(21(23)16-18)26-25-19-3-5-20(6-4-19)28(30)31/h2-7,16-17,24H,8-15H2,1H3/q+1. The highest BCUT2D eigenvalue weighted by atomic mass is 35.5. The lowest BCUT2D eigenvalue weighted by Crippen LogP contribution is -2.68. The Bertz CT molecular complexity index is 943. The molecule has 8 nitrogen and oxygen atoms in total. The molecule has 1 unspecified atom stereocenters. The number of non-ortho nitro benzene ring substituents is 1. The van der Waals surface area contributed by atoms with Gasteiger partial charge in [-0.05, 0) is 36.8 Å². The Labute approximate surface area is 187 Å². The first-order chi connectivity index (χ1) is 14.9. The first-order valence-corrected chi connectivity index (χ1v) is 11.1. The number of piperazine rings is 3. The molecule has 2 aromatic rings. The van der Waals surface area contributed by atoms with E-state index in [1.807, 2.05) is 18.2 Å². The molecule has 0 radical (unpaired) electrons. The topological polar surface area (TPSA) is 83.1 Å². The molecule has 0 amide bonds. The second-order valence-electron chi connectivity index (χ2n) is 8.44. The Morgan fingerprint density at radius 2 is 1.81 bits per heavy atom. The van der Waals surface area contributed by atoms with Gasteiger partial charge in [0.15, 0.2) is 0 Å². The minimum Gasteiger partial charge on any atom is -0.319 e. The summed E-state index contributed by atoms with van der Waals surface area (Å²) in [6.07, 6.45) is 0. The highest BCUT2D eigenvalue weighted by molar-refractivity contribution is 6.33. The van der Waals surface area contributed by atoms with E-state index in [0.717, 1.165) is 12.1 Å². The van der Waals surface area contributed by atoms with Crippen molar-refractivity contribution in [2.24, 2.45) is 10.2 Å². The lowest BCUT2D eigenvalue weighted by molar-refractivity contribution is -0.939. The van der Waals surface area contributed by atoms with Crippen molar-refractivity contribution < 1.29 is 9.41 Å². The number of nitrogens with zero attached hydrogens (tertiary/aromatic N) is 5. The maximum Gasteiger partial charge on any atom is 0.269 e. The van der Waals surface area contributed by atoms with Gasteiger partial charge < -0.3 is 9.80 Å². The molecule has 0 aliphatic carbocycles. The lowest BCUT2D eigenvalue weighted by Gasteiger charge is -2.50. The number of quaternary nitrogens is 1. The van der Waals surface area contributed by atoms with Crippen LogP contribution in [-0.2, 0) is 0 Å². The van der Waals surface area contributed by atoms with Gasteiger partial charge in [-0.3, -0.25) is 15.0 Å². The SMILES string of the molecule is CC(NCC[N+]12CCN(CC1)CC2)c1ccc(N=Nc2ccc([N+](=O)[O-])cc2)c(Cl)c1. The Morgan fingerprint density at radius 1 is 1.13 bits per heavy atom. The number of hydrogen-bond donors (Lipinski definition) is 1. The Kier molecular flexibility index (Phi) is 6.62. The van der Waals surface area contributed by atoms with Gasteiger partial charge in [0, 0.05) is 44.4 Å². The zero-order valence-electron chi connectivity index (χ0n) is 17.7. The second-order valence-corrected chi connectivity index (χ2v) is 8.85. The molecule has 3 fully saturated rings. The van der Waals surface area contributed by atoms with Crippen LogP contribution in [0.25, 0.3) is 0 Å². The largest absolute Gasteiger partial charge is 0.319 e. The van der Waals surface area contributed by atoms with E-state index >= 15 is 0 Å². The second kappa shape index (κ2) is 9.40. The summed E-state index contributed by atoms with van der Waals surface area (Å²) in [5.74, 6) is 0. The third kappa shape index (κ3) is 5.27. The molecule has 0 saturated carbocycles. The van der Waals surface area contributed by atoms with Crippen LogP contribution in [0.5, 0.6) is 0 Å². The molecular formula is C22H28ClN6O2+. The molecule has 3 heterocycles. The fourth-order valence-corrected chi connectivity index (χ4v) is 4.56. The molecule has 3 saturated heterocycles. The Balaban J connectivity index is 1.32. The van der Waals surface area contributed by atoms with E-state index in [4.69, 9.17) is 11.6 Å². The van der Waals surface area contributed by atoms with E-state index < -0.39 is 4.92 Å². The number of fused-ring (bicyclic) bond motifs is 3. The fraction of sp³-hybridized carbons (Fsp3) is 0.455. The van der Waals surface area contributed by atoms with Gasteiger partial charge in [-0.15, -0.1) is 5.11 Å². The van der Waals surface area contributed by atoms with E-state index in [9.17, 15) is 10.1 Å². The van der Waals surface area contributed by atoms with Crippen molar-refractivity contribution in [1.82, 2.24) is 10.2 Å². The summed E-state index contributed by atoms with van der Waals surface area (Å²) in [5.41, 5.74) is 2.24. The molecule has 0 spiro atoms. The number of nitro groups is 1. The number of azo groups is 1.